The Hall–Kier alpha value is -1.97. The fraction of sp³-hybridized carbons (Fsp3) is 0.579. The van der Waals surface area contributed by atoms with Crippen LogP contribution in [-0.4, -0.2) is 75.0 Å². The van der Waals surface area contributed by atoms with Gasteiger partial charge in [-0.05, 0) is 39.8 Å². The monoisotopic (exact) mass is 411 g/mol. The fourth-order valence-electron chi connectivity index (χ4n) is 2.77. The smallest absolute Gasteiger partial charge is 0.410 e. The van der Waals surface area contributed by atoms with Gasteiger partial charge in [0.2, 0.25) is 10.0 Å². The number of nitrogens with zero attached hydrogens (tertiary/aromatic N) is 2. The Morgan fingerprint density at radius 3 is 2.14 bits per heavy atom. The standard InChI is InChI=1S/C19H29N3O5S/c1-15(23)16-5-7-17(8-6-16)28(25,26)20-9-10-21-11-13-22(14-12-21)18(24)27-19(2,3)4/h5-8,20H,9-14H2,1-4H3. The van der Waals surface area contributed by atoms with E-state index in [-0.39, 0.29) is 23.3 Å². The molecule has 156 valence electrons. The maximum Gasteiger partial charge on any atom is 0.410 e. The maximum atomic E-state index is 12.3. The van der Waals surface area contributed by atoms with Gasteiger partial charge in [-0.3, -0.25) is 9.69 Å². The zero-order valence-electron chi connectivity index (χ0n) is 16.9. The van der Waals surface area contributed by atoms with E-state index in [1.807, 2.05) is 20.8 Å². The van der Waals surface area contributed by atoms with Crippen molar-refractivity contribution in [2.75, 3.05) is 39.3 Å². The normalized spacial score (nSPS) is 16.1. The molecule has 1 aliphatic rings. The topological polar surface area (TPSA) is 96.0 Å². The van der Waals surface area contributed by atoms with Crippen molar-refractivity contribution < 1.29 is 22.7 Å². The van der Waals surface area contributed by atoms with Crippen molar-refractivity contribution in [3.8, 4) is 0 Å². The van der Waals surface area contributed by atoms with Gasteiger partial charge >= 0.3 is 6.09 Å². The van der Waals surface area contributed by atoms with Crippen LogP contribution in [0.1, 0.15) is 38.1 Å². The molecule has 1 amide bonds. The van der Waals surface area contributed by atoms with Crippen molar-refractivity contribution in [2.45, 2.75) is 38.2 Å². The second-order valence-corrected chi connectivity index (χ2v) is 9.55. The number of rotatable bonds is 6. The SMILES string of the molecule is CC(=O)c1ccc(S(=O)(=O)NCCN2CCN(C(=O)OC(C)(C)C)CC2)cc1. The van der Waals surface area contributed by atoms with Crippen molar-refractivity contribution in [1.29, 1.82) is 0 Å². The number of amides is 1. The summed E-state index contributed by atoms with van der Waals surface area (Å²) in [6.07, 6.45) is -0.318. The highest BCUT2D eigenvalue weighted by Crippen LogP contribution is 2.13. The average Bonchev–Trinajstić information content (AvgIpc) is 2.61. The largest absolute Gasteiger partial charge is 0.444 e. The van der Waals surface area contributed by atoms with Crippen molar-refractivity contribution in [1.82, 2.24) is 14.5 Å². The van der Waals surface area contributed by atoms with E-state index in [0.717, 1.165) is 0 Å². The Bertz CT molecular complexity index is 792. The van der Waals surface area contributed by atoms with E-state index < -0.39 is 15.6 Å². The third-order valence-electron chi connectivity index (χ3n) is 4.32. The van der Waals surface area contributed by atoms with E-state index in [1.165, 1.54) is 31.2 Å². The highest BCUT2D eigenvalue weighted by atomic mass is 32.2. The van der Waals surface area contributed by atoms with Crippen LogP contribution in [0.15, 0.2) is 29.2 Å². The number of ketones is 1. The van der Waals surface area contributed by atoms with Crippen molar-refractivity contribution in [3.05, 3.63) is 29.8 Å². The summed E-state index contributed by atoms with van der Waals surface area (Å²) in [5.74, 6) is -0.109. The van der Waals surface area contributed by atoms with E-state index in [0.29, 0.717) is 38.3 Å². The lowest BCUT2D eigenvalue weighted by Crippen LogP contribution is -2.51. The predicted molar refractivity (Wildman–Crippen MR) is 106 cm³/mol. The molecule has 0 bridgehead atoms. The number of hydrogen-bond donors (Lipinski definition) is 1. The molecule has 0 aromatic heterocycles. The molecule has 1 fully saturated rings. The number of carbonyl (C=O) groups excluding carboxylic acids is 2. The van der Waals surface area contributed by atoms with Crippen molar-refractivity contribution in [2.24, 2.45) is 0 Å². The summed E-state index contributed by atoms with van der Waals surface area (Å²) in [4.78, 5) is 27.2. The van der Waals surface area contributed by atoms with E-state index in [9.17, 15) is 18.0 Å². The molecule has 0 spiro atoms. The first-order valence-electron chi connectivity index (χ1n) is 9.29. The van der Waals surface area contributed by atoms with Crippen LogP contribution in [0.3, 0.4) is 0 Å². The zero-order valence-corrected chi connectivity index (χ0v) is 17.7. The van der Waals surface area contributed by atoms with Gasteiger partial charge < -0.3 is 9.64 Å². The summed E-state index contributed by atoms with van der Waals surface area (Å²) < 4.78 is 32.6. The maximum absolute atomic E-state index is 12.3. The summed E-state index contributed by atoms with van der Waals surface area (Å²) in [5, 5.41) is 0. The van der Waals surface area contributed by atoms with Crippen LogP contribution in [0.25, 0.3) is 0 Å². The van der Waals surface area contributed by atoms with Gasteiger partial charge in [-0.1, -0.05) is 12.1 Å². The summed E-state index contributed by atoms with van der Waals surface area (Å²) >= 11 is 0. The Morgan fingerprint density at radius 2 is 1.64 bits per heavy atom. The molecule has 2 rings (SSSR count). The van der Waals surface area contributed by atoms with Crippen LogP contribution in [0.2, 0.25) is 0 Å². The average molecular weight is 412 g/mol. The highest BCUT2D eigenvalue weighted by Gasteiger charge is 2.25. The molecule has 28 heavy (non-hydrogen) atoms. The van der Waals surface area contributed by atoms with Crippen LogP contribution in [-0.2, 0) is 14.8 Å². The number of Topliss-reactive ketones (excluding diaryl/α,β-unsaturated/α-hetero) is 1. The first-order chi connectivity index (χ1) is 13.0. The molecule has 1 N–H and O–H groups in total. The van der Waals surface area contributed by atoms with Crippen molar-refractivity contribution >= 4 is 21.9 Å². The Balaban J connectivity index is 1.78. The van der Waals surface area contributed by atoms with Gasteiger partial charge in [0, 0.05) is 44.8 Å². The lowest BCUT2D eigenvalue weighted by molar-refractivity contribution is 0.0147. The molecule has 8 nitrogen and oxygen atoms in total. The summed E-state index contributed by atoms with van der Waals surface area (Å²) in [5.41, 5.74) is -0.0448. The Kier molecular flexibility index (Phi) is 7.19. The lowest BCUT2D eigenvalue weighted by atomic mass is 10.2. The van der Waals surface area contributed by atoms with Gasteiger partial charge in [-0.2, -0.15) is 0 Å². The van der Waals surface area contributed by atoms with Gasteiger partial charge in [0.05, 0.1) is 4.90 Å². The molecule has 0 unspecified atom stereocenters. The third kappa shape index (κ3) is 6.57. The molecule has 0 atom stereocenters. The van der Waals surface area contributed by atoms with Gasteiger partial charge in [0.15, 0.2) is 5.78 Å². The quantitative estimate of drug-likeness (QED) is 0.716. The van der Waals surface area contributed by atoms with Crippen molar-refractivity contribution in [3.63, 3.8) is 0 Å². The van der Waals surface area contributed by atoms with Crippen LogP contribution >= 0.6 is 0 Å². The van der Waals surface area contributed by atoms with Gasteiger partial charge in [-0.25, -0.2) is 17.9 Å². The number of nitrogens with one attached hydrogen (secondary N) is 1. The third-order valence-corrected chi connectivity index (χ3v) is 5.79. The van der Waals surface area contributed by atoms with Crippen LogP contribution in [0.4, 0.5) is 4.79 Å². The molecule has 0 saturated carbocycles. The van der Waals surface area contributed by atoms with Crippen LogP contribution < -0.4 is 4.72 Å². The number of carbonyl (C=O) groups is 2. The molecule has 1 heterocycles. The van der Waals surface area contributed by atoms with Gasteiger partial charge in [0.1, 0.15) is 5.60 Å². The predicted octanol–water partition coefficient (Wildman–Crippen LogP) is 1.72. The van der Waals surface area contributed by atoms with Crippen LogP contribution in [0, 0.1) is 0 Å². The van der Waals surface area contributed by atoms with Gasteiger partial charge in [-0.15, -0.1) is 0 Å². The number of piperazine rings is 1. The molecule has 1 aromatic rings. The fourth-order valence-corrected chi connectivity index (χ4v) is 3.79. The summed E-state index contributed by atoms with van der Waals surface area (Å²) in [7, 11) is -3.62. The molecule has 1 aliphatic heterocycles. The van der Waals surface area contributed by atoms with Crippen LogP contribution in [0.5, 0.6) is 0 Å². The molecular formula is C19H29N3O5S. The Labute approximate surface area is 166 Å². The molecular weight excluding hydrogens is 382 g/mol. The first-order valence-corrected chi connectivity index (χ1v) is 10.8. The number of benzene rings is 1. The molecule has 1 aromatic carbocycles. The lowest BCUT2D eigenvalue weighted by Gasteiger charge is -2.35. The van der Waals surface area contributed by atoms with E-state index in [4.69, 9.17) is 4.74 Å². The summed E-state index contributed by atoms with van der Waals surface area (Å²) in [6.45, 7) is 10.2. The molecule has 0 aliphatic carbocycles. The van der Waals surface area contributed by atoms with Gasteiger partial charge in [0.25, 0.3) is 0 Å². The highest BCUT2D eigenvalue weighted by molar-refractivity contribution is 7.89. The summed E-state index contributed by atoms with van der Waals surface area (Å²) in [6, 6.07) is 5.87. The minimum absolute atomic E-state index is 0.109. The second kappa shape index (κ2) is 9.02. The zero-order chi connectivity index (χ0) is 20.9. The number of sulfonamides is 1. The van der Waals surface area contributed by atoms with E-state index in [1.54, 1.807) is 4.90 Å². The first kappa shape index (κ1) is 22.3. The number of ether oxygens (including phenoxy) is 1. The molecule has 1 saturated heterocycles. The van der Waals surface area contributed by atoms with E-state index in [2.05, 4.69) is 9.62 Å². The minimum atomic E-state index is -3.62. The number of hydrogen-bond acceptors (Lipinski definition) is 6. The molecule has 9 heteroatoms. The second-order valence-electron chi connectivity index (χ2n) is 7.79. The van der Waals surface area contributed by atoms with E-state index >= 15 is 0 Å². The minimum Gasteiger partial charge on any atom is -0.444 e. The molecule has 0 radical (unpaired) electrons. The Morgan fingerprint density at radius 1 is 1.07 bits per heavy atom.